The number of rotatable bonds is 5. The smallest absolute Gasteiger partial charge is 0.306 e. The van der Waals surface area contributed by atoms with Gasteiger partial charge in [-0.25, -0.2) is 0 Å². The van der Waals surface area contributed by atoms with Crippen LogP contribution in [0.25, 0.3) is 0 Å². The van der Waals surface area contributed by atoms with Gasteiger partial charge in [0.2, 0.25) is 0 Å². The number of carboxylic acid groups (broad SMARTS) is 1. The molecule has 0 amide bonds. The van der Waals surface area contributed by atoms with Crippen molar-refractivity contribution in [2.45, 2.75) is 13.5 Å². The van der Waals surface area contributed by atoms with Crippen molar-refractivity contribution in [3.05, 3.63) is 28.8 Å². The summed E-state index contributed by atoms with van der Waals surface area (Å²) in [6, 6.07) is 5.55. The van der Waals surface area contributed by atoms with Crippen LogP contribution in [0.4, 0.5) is 0 Å². The molecule has 1 unspecified atom stereocenters. The number of ether oxygens (including phenoxy) is 1. The monoisotopic (exact) mass is 283 g/mol. The highest BCUT2D eigenvalue weighted by Crippen LogP contribution is 2.29. The highest BCUT2D eigenvalue weighted by atomic mass is 35.5. The lowest BCUT2D eigenvalue weighted by Gasteiger charge is -2.41. The molecule has 1 aliphatic rings. The fourth-order valence-corrected chi connectivity index (χ4v) is 2.56. The summed E-state index contributed by atoms with van der Waals surface area (Å²) >= 11 is 5.99. The Balaban J connectivity index is 1.94. The van der Waals surface area contributed by atoms with Gasteiger partial charge in [0.15, 0.2) is 0 Å². The first kappa shape index (κ1) is 14.2. The molecule has 104 valence electrons. The van der Waals surface area contributed by atoms with Gasteiger partial charge in [-0.1, -0.05) is 18.5 Å². The third-order valence-corrected chi connectivity index (χ3v) is 3.95. The Bertz CT molecular complexity index is 472. The first-order valence-corrected chi connectivity index (χ1v) is 6.66. The van der Waals surface area contributed by atoms with E-state index in [0.717, 1.165) is 30.9 Å². The zero-order valence-electron chi connectivity index (χ0n) is 11.1. The maximum absolute atomic E-state index is 10.9. The van der Waals surface area contributed by atoms with Crippen molar-refractivity contribution in [2.24, 2.45) is 11.8 Å². The van der Waals surface area contributed by atoms with E-state index in [9.17, 15) is 4.79 Å². The molecule has 2 rings (SSSR count). The van der Waals surface area contributed by atoms with Gasteiger partial charge in [-0.3, -0.25) is 9.69 Å². The maximum Gasteiger partial charge on any atom is 0.306 e. The molecule has 0 radical (unpaired) electrons. The van der Waals surface area contributed by atoms with Crippen LogP contribution in [0, 0.1) is 11.8 Å². The molecule has 1 aromatic carbocycles. The first-order valence-electron chi connectivity index (χ1n) is 6.29. The molecule has 1 saturated heterocycles. The quantitative estimate of drug-likeness (QED) is 0.902. The standard InChI is InChI=1S/C14H18ClNO3/c1-9(14(17)18)11-7-16(8-11)6-10-5-12(15)3-4-13(10)19-2/h3-5,9,11H,6-8H2,1-2H3,(H,17,18). The Kier molecular flexibility index (Phi) is 4.32. The van der Waals surface area contributed by atoms with Gasteiger partial charge in [0, 0.05) is 30.2 Å². The number of hydrogen-bond acceptors (Lipinski definition) is 3. The summed E-state index contributed by atoms with van der Waals surface area (Å²) < 4.78 is 5.30. The molecule has 1 heterocycles. The largest absolute Gasteiger partial charge is 0.496 e. The van der Waals surface area contributed by atoms with Gasteiger partial charge in [-0.05, 0) is 24.1 Å². The maximum atomic E-state index is 10.9. The average Bonchev–Trinajstić information content (AvgIpc) is 2.32. The molecule has 0 aliphatic carbocycles. The number of carboxylic acids is 1. The lowest BCUT2D eigenvalue weighted by atomic mass is 9.87. The molecule has 1 fully saturated rings. The van der Waals surface area contributed by atoms with Crippen LogP contribution in [0.15, 0.2) is 18.2 Å². The Morgan fingerprint density at radius 2 is 2.26 bits per heavy atom. The molecule has 4 nitrogen and oxygen atoms in total. The summed E-state index contributed by atoms with van der Waals surface area (Å²) in [5.74, 6) is 0.0595. The van der Waals surface area contributed by atoms with Crippen molar-refractivity contribution >= 4 is 17.6 Å². The van der Waals surface area contributed by atoms with E-state index in [0.29, 0.717) is 5.02 Å². The van der Waals surface area contributed by atoms with E-state index in [2.05, 4.69) is 4.90 Å². The third-order valence-electron chi connectivity index (χ3n) is 3.72. The summed E-state index contributed by atoms with van der Waals surface area (Å²) in [6.07, 6.45) is 0. The minimum Gasteiger partial charge on any atom is -0.496 e. The van der Waals surface area contributed by atoms with E-state index < -0.39 is 5.97 Å². The Morgan fingerprint density at radius 1 is 1.58 bits per heavy atom. The van der Waals surface area contributed by atoms with Crippen LogP contribution in [0.3, 0.4) is 0 Å². The van der Waals surface area contributed by atoms with Crippen molar-refractivity contribution in [3.63, 3.8) is 0 Å². The number of hydrogen-bond donors (Lipinski definition) is 1. The van der Waals surface area contributed by atoms with Crippen molar-refractivity contribution in [3.8, 4) is 5.75 Å². The van der Waals surface area contributed by atoms with Crippen molar-refractivity contribution in [1.82, 2.24) is 4.90 Å². The minimum atomic E-state index is -0.718. The van der Waals surface area contributed by atoms with Crippen LogP contribution >= 0.6 is 11.6 Å². The summed E-state index contributed by atoms with van der Waals surface area (Å²) in [5.41, 5.74) is 1.04. The molecular formula is C14H18ClNO3. The van der Waals surface area contributed by atoms with Gasteiger partial charge in [-0.15, -0.1) is 0 Å². The normalized spacial score (nSPS) is 17.8. The van der Waals surface area contributed by atoms with Gasteiger partial charge in [0.1, 0.15) is 5.75 Å². The van der Waals surface area contributed by atoms with Crippen molar-refractivity contribution in [1.29, 1.82) is 0 Å². The topological polar surface area (TPSA) is 49.8 Å². The molecule has 5 heteroatoms. The van der Waals surface area contributed by atoms with Crippen LogP contribution in [-0.4, -0.2) is 36.2 Å². The summed E-state index contributed by atoms with van der Waals surface area (Å²) in [7, 11) is 1.64. The van der Waals surface area contributed by atoms with Crippen molar-refractivity contribution < 1.29 is 14.6 Å². The highest BCUT2D eigenvalue weighted by Gasteiger charge is 2.34. The fraction of sp³-hybridized carbons (Fsp3) is 0.500. The zero-order valence-corrected chi connectivity index (χ0v) is 11.9. The van der Waals surface area contributed by atoms with E-state index in [1.807, 2.05) is 12.1 Å². The van der Waals surface area contributed by atoms with E-state index in [-0.39, 0.29) is 11.8 Å². The lowest BCUT2D eigenvalue weighted by molar-refractivity contribution is -0.145. The van der Waals surface area contributed by atoms with Gasteiger partial charge >= 0.3 is 5.97 Å². The van der Waals surface area contributed by atoms with Crippen LogP contribution in [0.2, 0.25) is 5.02 Å². The van der Waals surface area contributed by atoms with Gasteiger partial charge in [0.05, 0.1) is 13.0 Å². The molecule has 1 aromatic rings. The molecular weight excluding hydrogens is 266 g/mol. The predicted molar refractivity (Wildman–Crippen MR) is 73.6 cm³/mol. The van der Waals surface area contributed by atoms with E-state index in [1.165, 1.54) is 0 Å². The third kappa shape index (κ3) is 3.19. The number of nitrogens with zero attached hydrogens (tertiary/aromatic N) is 1. The first-order chi connectivity index (χ1) is 9.01. The SMILES string of the molecule is COc1ccc(Cl)cc1CN1CC(C(C)C(=O)O)C1. The molecule has 1 N–H and O–H groups in total. The fourth-order valence-electron chi connectivity index (χ4n) is 2.37. The van der Waals surface area contributed by atoms with Crippen LogP contribution in [-0.2, 0) is 11.3 Å². The second kappa shape index (κ2) is 5.80. The average molecular weight is 284 g/mol. The molecule has 19 heavy (non-hydrogen) atoms. The van der Waals surface area contributed by atoms with E-state index >= 15 is 0 Å². The molecule has 0 saturated carbocycles. The summed E-state index contributed by atoms with van der Waals surface area (Å²) in [5, 5.41) is 9.64. The molecule has 1 aliphatic heterocycles. The van der Waals surface area contributed by atoms with Crippen LogP contribution in [0.1, 0.15) is 12.5 Å². The lowest BCUT2D eigenvalue weighted by Crippen LogP contribution is -2.50. The summed E-state index contributed by atoms with van der Waals surface area (Å²) in [4.78, 5) is 13.1. The number of carbonyl (C=O) groups is 1. The van der Waals surface area contributed by atoms with Crippen LogP contribution < -0.4 is 4.74 Å². The molecule has 0 spiro atoms. The number of aliphatic carboxylic acids is 1. The minimum absolute atomic E-state index is 0.239. The number of halogens is 1. The van der Waals surface area contributed by atoms with E-state index in [1.54, 1.807) is 20.1 Å². The number of benzene rings is 1. The van der Waals surface area contributed by atoms with Crippen molar-refractivity contribution in [2.75, 3.05) is 20.2 Å². The molecule has 0 bridgehead atoms. The predicted octanol–water partition coefficient (Wildman–Crippen LogP) is 2.50. The second-order valence-corrected chi connectivity index (χ2v) is 5.47. The van der Waals surface area contributed by atoms with Gasteiger partial charge in [0.25, 0.3) is 0 Å². The highest BCUT2D eigenvalue weighted by molar-refractivity contribution is 6.30. The Hall–Kier alpha value is -1.26. The second-order valence-electron chi connectivity index (χ2n) is 5.04. The Labute approximate surface area is 117 Å². The van der Waals surface area contributed by atoms with Gasteiger partial charge in [-0.2, -0.15) is 0 Å². The molecule has 0 aromatic heterocycles. The van der Waals surface area contributed by atoms with E-state index in [4.69, 9.17) is 21.4 Å². The van der Waals surface area contributed by atoms with Gasteiger partial charge < -0.3 is 9.84 Å². The van der Waals surface area contributed by atoms with Crippen LogP contribution in [0.5, 0.6) is 5.75 Å². The number of likely N-dealkylation sites (tertiary alicyclic amines) is 1. The zero-order chi connectivity index (χ0) is 14.0. The molecule has 1 atom stereocenters. The summed E-state index contributed by atoms with van der Waals surface area (Å²) in [6.45, 7) is 4.13. The number of methoxy groups -OCH3 is 1. The Morgan fingerprint density at radius 3 is 2.84 bits per heavy atom.